The summed E-state index contributed by atoms with van der Waals surface area (Å²) in [5, 5.41) is 6.31. The molecular weight excluding hydrogens is 360 g/mol. The SMILES string of the molecule is Cc1ccc(C(=O)NC(C(=O)NC(C)C23CC4CC(CC(C4)C2)C3)C(C)C)cc1. The van der Waals surface area contributed by atoms with Crippen molar-refractivity contribution in [1.29, 1.82) is 0 Å². The Labute approximate surface area is 175 Å². The second kappa shape index (κ2) is 7.77. The van der Waals surface area contributed by atoms with Crippen molar-refractivity contribution in [3.63, 3.8) is 0 Å². The molecule has 2 N–H and O–H groups in total. The third kappa shape index (κ3) is 4.08. The van der Waals surface area contributed by atoms with Crippen LogP contribution < -0.4 is 10.6 Å². The lowest BCUT2D eigenvalue weighted by molar-refractivity contribution is -0.128. The van der Waals surface area contributed by atoms with E-state index in [1.165, 1.54) is 38.5 Å². The fourth-order valence-electron chi connectivity index (χ4n) is 6.63. The van der Waals surface area contributed by atoms with E-state index in [-0.39, 0.29) is 29.2 Å². The maximum Gasteiger partial charge on any atom is 0.251 e. The van der Waals surface area contributed by atoms with Crippen LogP contribution in [0, 0.1) is 36.0 Å². The van der Waals surface area contributed by atoms with Gasteiger partial charge in [-0.25, -0.2) is 0 Å². The molecule has 0 saturated heterocycles. The number of hydrogen-bond acceptors (Lipinski definition) is 2. The Morgan fingerprint density at radius 1 is 0.897 bits per heavy atom. The smallest absolute Gasteiger partial charge is 0.251 e. The van der Waals surface area contributed by atoms with Gasteiger partial charge in [-0.2, -0.15) is 0 Å². The molecule has 2 amide bonds. The first kappa shape index (κ1) is 20.4. The molecule has 4 bridgehead atoms. The topological polar surface area (TPSA) is 58.2 Å². The van der Waals surface area contributed by atoms with Crippen LogP contribution >= 0.6 is 0 Å². The summed E-state index contributed by atoms with van der Waals surface area (Å²) in [7, 11) is 0. The summed E-state index contributed by atoms with van der Waals surface area (Å²) in [6.07, 6.45) is 8.01. The second-order valence-electron chi connectivity index (χ2n) is 10.6. The van der Waals surface area contributed by atoms with Gasteiger partial charge >= 0.3 is 0 Å². The maximum atomic E-state index is 13.2. The van der Waals surface area contributed by atoms with E-state index in [1.807, 2.05) is 45.0 Å². The van der Waals surface area contributed by atoms with Gasteiger partial charge in [-0.05, 0) is 93.6 Å². The van der Waals surface area contributed by atoms with Crippen LogP contribution in [0.3, 0.4) is 0 Å². The Morgan fingerprint density at radius 3 is 1.90 bits per heavy atom. The van der Waals surface area contributed by atoms with Crippen LogP contribution in [-0.4, -0.2) is 23.9 Å². The Bertz CT molecular complexity index is 732. The van der Waals surface area contributed by atoms with Gasteiger partial charge < -0.3 is 10.6 Å². The van der Waals surface area contributed by atoms with Gasteiger partial charge in [0.2, 0.25) is 5.91 Å². The van der Waals surface area contributed by atoms with E-state index >= 15 is 0 Å². The van der Waals surface area contributed by atoms with Gasteiger partial charge in [0.15, 0.2) is 0 Å². The van der Waals surface area contributed by atoms with Crippen LogP contribution in [0.1, 0.15) is 75.2 Å². The van der Waals surface area contributed by atoms with Crippen molar-refractivity contribution in [3.05, 3.63) is 35.4 Å². The van der Waals surface area contributed by atoms with Crippen LogP contribution in [0.5, 0.6) is 0 Å². The fraction of sp³-hybridized carbons (Fsp3) is 0.680. The number of nitrogens with one attached hydrogen (secondary N) is 2. The number of aryl methyl sites for hydroxylation is 1. The van der Waals surface area contributed by atoms with Gasteiger partial charge in [-0.3, -0.25) is 9.59 Å². The van der Waals surface area contributed by atoms with Crippen molar-refractivity contribution in [2.75, 3.05) is 0 Å². The Morgan fingerprint density at radius 2 is 1.41 bits per heavy atom. The molecule has 2 atom stereocenters. The summed E-state index contributed by atoms with van der Waals surface area (Å²) in [4.78, 5) is 25.9. The molecule has 0 heterocycles. The molecule has 4 aliphatic carbocycles. The van der Waals surface area contributed by atoms with E-state index in [4.69, 9.17) is 0 Å². The van der Waals surface area contributed by atoms with E-state index in [2.05, 4.69) is 17.6 Å². The van der Waals surface area contributed by atoms with E-state index in [0.29, 0.717) is 5.56 Å². The number of hydrogen-bond donors (Lipinski definition) is 2. The third-order valence-electron chi connectivity index (χ3n) is 7.91. The van der Waals surface area contributed by atoms with Gasteiger partial charge in [0, 0.05) is 11.6 Å². The Balaban J connectivity index is 1.42. The van der Waals surface area contributed by atoms with Gasteiger partial charge in [0.05, 0.1) is 0 Å². The summed E-state index contributed by atoms with van der Waals surface area (Å²) >= 11 is 0. The quantitative estimate of drug-likeness (QED) is 0.745. The van der Waals surface area contributed by atoms with Crippen molar-refractivity contribution in [1.82, 2.24) is 10.6 Å². The maximum absolute atomic E-state index is 13.2. The monoisotopic (exact) mass is 396 g/mol. The zero-order valence-electron chi connectivity index (χ0n) is 18.3. The first-order valence-corrected chi connectivity index (χ1v) is 11.4. The molecule has 0 spiro atoms. The zero-order valence-corrected chi connectivity index (χ0v) is 18.3. The summed E-state index contributed by atoms with van der Waals surface area (Å²) in [6.45, 7) is 8.19. The number of rotatable bonds is 6. The lowest BCUT2D eigenvalue weighted by Gasteiger charge is -2.59. The van der Waals surface area contributed by atoms with E-state index in [9.17, 15) is 9.59 Å². The minimum absolute atomic E-state index is 0.0351. The molecule has 158 valence electrons. The molecule has 5 rings (SSSR count). The minimum atomic E-state index is -0.514. The average Bonchev–Trinajstić information content (AvgIpc) is 2.65. The summed E-state index contributed by atoms with van der Waals surface area (Å²) in [5.74, 6) is 2.41. The van der Waals surface area contributed by atoms with Crippen molar-refractivity contribution in [2.24, 2.45) is 29.1 Å². The molecule has 0 radical (unpaired) electrons. The average molecular weight is 397 g/mol. The molecule has 1 aromatic rings. The van der Waals surface area contributed by atoms with Crippen molar-refractivity contribution in [2.45, 2.75) is 78.3 Å². The normalized spacial score (nSPS) is 32.1. The Kier molecular flexibility index (Phi) is 5.48. The van der Waals surface area contributed by atoms with Gasteiger partial charge in [-0.15, -0.1) is 0 Å². The lowest BCUT2D eigenvalue weighted by Crippen LogP contribution is -2.59. The predicted octanol–water partition coefficient (Wildman–Crippen LogP) is 4.47. The standard InChI is InChI=1S/C25H36N2O2/c1-15(2)22(27-23(28)21-7-5-16(3)6-8-21)24(29)26-17(4)25-12-18-9-19(13-25)11-20(10-18)14-25/h5-8,15,17-20,22H,9-14H2,1-4H3,(H,26,29)(H,27,28). The largest absolute Gasteiger partial charge is 0.351 e. The van der Waals surface area contributed by atoms with E-state index in [0.717, 1.165) is 23.3 Å². The number of amides is 2. The summed E-state index contributed by atoms with van der Waals surface area (Å²) < 4.78 is 0. The van der Waals surface area contributed by atoms with Crippen molar-refractivity contribution in [3.8, 4) is 0 Å². The van der Waals surface area contributed by atoms with Gasteiger partial charge in [0.25, 0.3) is 5.91 Å². The molecule has 4 nitrogen and oxygen atoms in total. The fourth-order valence-corrected chi connectivity index (χ4v) is 6.63. The molecule has 4 saturated carbocycles. The number of benzene rings is 1. The van der Waals surface area contributed by atoms with Crippen LogP contribution in [0.2, 0.25) is 0 Å². The van der Waals surface area contributed by atoms with Crippen LogP contribution in [0.15, 0.2) is 24.3 Å². The highest BCUT2D eigenvalue weighted by molar-refractivity contribution is 5.97. The van der Waals surface area contributed by atoms with E-state index < -0.39 is 6.04 Å². The third-order valence-corrected chi connectivity index (χ3v) is 7.91. The van der Waals surface area contributed by atoms with Crippen LogP contribution in [0.4, 0.5) is 0 Å². The molecule has 4 heteroatoms. The molecule has 0 aliphatic heterocycles. The summed E-state index contributed by atoms with van der Waals surface area (Å²) in [5.41, 5.74) is 1.99. The van der Waals surface area contributed by atoms with Crippen molar-refractivity contribution < 1.29 is 9.59 Å². The molecule has 1 aromatic carbocycles. The first-order chi connectivity index (χ1) is 13.8. The van der Waals surface area contributed by atoms with Crippen molar-refractivity contribution >= 4 is 11.8 Å². The first-order valence-electron chi connectivity index (χ1n) is 11.4. The van der Waals surface area contributed by atoms with Gasteiger partial charge in [0.1, 0.15) is 6.04 Å². The highest BCUT2D eigenvalue weighted by Gasteiger charge is 2.53. The second-order valence-corrected chi connectivity index (χ2v) is 10.6. The molecular formula is C25H36N2O2. The highest BCUT2D eigenvalue weighted by Crippen LogP contribution is 2.61. The van der Waals surface area contributed by atoms with E-state index in [1.54, 1.807) is 0 Å². The zero-order chi connectivity index (χ0) is 20.8. The Hall–Kier alpha value is -1.84. The molecule has 0 aromatic heterocycles. The molecule has 4 aliphatic rings. The minimum Gasteiger partial charge on any atom is -0.351 e. The highest BCUT2D eigenvalue weighted by atomic mass is 16.2. The predicted molar refractivity (Wildman–Crippen MR) is 115 cm³/mol. The molecule has 29 heavy (non-hydrogen) atoms. The number of carbonyl (C=O) groups excluding carboxylic acids is 2. The molecule has 4 fully saturated rings. The van der Waals surface area contributed by atoms with Crippen LogP contribution in [-0.2, 0) is 4.79 Å². The summed E-state index contributed by atoms with van der Waals surface area (Å²) in [6, 6.07) is 7.14. The van der Waals surface area contributed by atoms with Gasteiger partial charge in [-0.1, -0.05) is 31.5 Å². The number of carbonyl (C=O) groups is 2. The molecule has 2 unspecified atom stereocenters. The van der Waals surface area contributed by atoms with Crippen LogP contribution in [0.25, 0.3) is 0 Å². The lowest BCUT2D eigenvalue weighted by atomic mass is 9.48.